The largest absolute Gasteiger partial charge is 0.481 e. The number of amides is 2. The van der Waals surface area contributed by atoms with Gasteiger partial charge < -0.3 is 14.9 Å². The van der Waals surface area contributed by atoms with Gasteiger partial charge in [-0.15, -0.1) is 0 Å². The fourth-order valence-corrected chi connectivity index (χ4v) is 2.56. The smallest absolute Gasteiger partial charge is 0.321 e. The highest BCUT2D eigenvalue weighted by Crippen LogP contribution is 2.25. The molecule has 0 aliphatic carbocycles. The van der Waals surface area contributed by atoms with E-state index in [2.05, 4.69) is 0 Å². The van der Waals surface area contributed by atoms with Crippen LogP contribution in [-0.2, 0) is 17.9 Å². The lowest BCUT2D eigenvalue weighted by Gasteiger charge is -2.38. The number of hydrogen-bond donors (Lipinski definition) is 1. The summed E-state index contributed by atoms with van der Waals surface area (Å²) in [5.41, 5.74) is 1.93. The fraction of sp³-hybridized carbons (Fsp3) is 0.500. The van der Waals surface area contributed by atoms with E-state index in [4.69, 9.17) is 5.11 Å². The van der Waals surface area contributed by atoms with Crippen molar-refractivity contribution in [3.05, 3.63) is 35.4 Å². The van der Waals surface area contributed by atoms with Crippen molar-refractivity contribution in [1.82, 2.24) is 9.80 Å². The van der Waals surface area contributed by atoms with Crippen molar-refractivity contribution in [1.29, 1.82) is 0 Å². The van der Waals surface area contributed by atoms with Gasteiger partial charge in [0.05, 0.1) is 6.42 Å². The summed E-state index contributed by atoms with van der Waals surface area (Å²) < 4.78 is 0. The maximum Gasteiger partial charge on any atom is 0.321 e. The Morgan fingerprint density at radius 1 is 1.19 bits per heavy atom. The Labute approximate surface area is 125 Å². The Bertz CT molecular complexity index is 524. The first kappa shape index (κ1) is 15.4. The molecular weight excluding hydrogens is 268 g/mol. The topological polar surface area (TPSA) is 60.9 Å². The summed E-state index contributed by atoms with van der Waals surface area (Å²) in [6.45, 7) is 7.19. The first-order chi connectivity index (χ1) is 9.79. The van der Waals surface area contributed by atoms with Gasteiger partial charge in [0.1, 0.15) is 0 Å². The number of aliphatic carboxylic acids is 1. The number of carbonyl (C=O) groups is 2. The second-order valence-corrected chi connectivity index (χ2v) is 6.37. The molecule has 0 saturated carbocycles. The minimum absolute atomic E-state index is 0.0379. The van der Waals surface area contributed by atoms with Crippen LogP contribution < -0.4 is 0 Å². The Morgan fingerprint density at radius 3 is 2.14 bits per heavy atom. The summed E-state index contributed by atoms with van der Waals surface area (Å²) in [5, 5.41) is 8.87. The lowest BCUT2D eigenvalue weighted by Crippen LogP contribution is -2.51. The molecule has 0 radical (unpaired) electrons. The van der Waals surface area contributed by atoms with Gasteiger partial charge in [0, 0.05) is 25.2 Å². The average molecular weight is 290 g/mol. The molecule has 5 heteroatoms. The number of carboxylic acids is 1. The molecule has 0 bridgehead atoms. The lowest BCUT2D eigenvalue weighted by atomic mass is 10.1. The maximum absolute atomic E-state index is 12.7. The SMILES string of the molecule is CC(C)(C)N(CCC(=O)O)C(=O)N1Cc2ccccc2C1. The fourth-order valence-electron chi connectivity index (χ4n) is 2.56. The van der Waals surface area contributed by atoms with Gasteiger partial charge in [0.25, 0.3) is 0 Å². The summed E-state index contributed by atoms with van der Waals surface area (Å²) in [5.74, 6) is -0.887. The molecule has 2 rings (SSSR count). The predicted octanol–water partition coefficient (Wildman–Crippen LogP) is 2.70. The van der Waals surface area contributed by atoms with E-state index in [-0.39, 0.29) is 19.0 Å². The van der Waals surface area contributed by atoms with E-state index < -0.39 is 11.5 Å². The summed E-state index contributed by atoms with van der Waals surface area (Å²) in [6, 6.07) is 7.90. The zero-order valence-electron chi connectivity index (χ0n) is 12.8. The number of urea groups is 1. The first-order valence-electron chi connectivity index (χ1n) is 7.14. The predicted molar refractivity (Wildman–Crippen MR) is 79.8 cm³/mol. The summed E-state index contributed by atoms with van der Waals surface area (Å²) in [6.07, 6.45) is -0.0379. The molecule has 114 valence electrons. The summed E-state index contributed by atoms with van der Waals surface area (Å²) >= 11 is 0. The highest BCUT2D eigenvalue weighted by Gasteiger charge is 2.32. The van der Waals surface area contributed by atoms with Crippen molar-refractivity contribution in [2.45, 2.75) is 45.8 Å². The van der Waals surface area contributed by atoms with E-state index in [0.717, 1.165) is 11.1 Å². The zero-order valence-corrected chi connectivity index (χ0v) is 12.8. The van der Waals surface area contributed by atoms with Crippen molar-refractivity contribution in [2.75, 3.05) is 6.54 Å². The van der Waals surface area contributed by atoms with Gasteiger partial charge in [0.15, 0.2) is 0 Å². The van der Waals surface area contributed by atoms with Crippen molar-refractivity contribution < 1.29 is 14.7 Å². The monoisotopic (exact) mass is 290 g/mol. The molecule has 0 atom stereocenters. The minimum Gasteiger partial charge on any atom is -0.481 e. The molecule has 1 aliphatic heterocycles. The third-order valence-electron chi connectivity index (χ3n) is 3.70. The van der Waals surface area contributed by atoms with Crippen molar-refractivity contribution in [2.24, 2.45) is 0 Å². The second-order valence-electron chi connectivity index (χ2n) is 6.37. The molecule has 0 spiro atoms. The van der Waals surface area contributed by atoms with Crippen LogP contribution in [0.4, 0.5) is 4.79 Å². The number of carboxylic acid groups (broad SMARTS) is 1. The van der Waals surface area contributed by atoms with E-state index >= 15 is 0 Å². The van der Waals surface area contributed by atoms with E-state index in [1.54, 1.807) is 9.80 Å². The molecular formula is C16H22N2O3. The van der Waals surface area contributed by atoms with Crippen molar-refractivity contribution >= 4 is 12.0 Å². The van der Waals surface area contributed by atoms with Crippen LogP contribution in [0.3, 0.4) is 0 Å². The normalized spacial score (nSPS) is 14.0. The molecule has 1 aliphatic rings. The number of carbonyl (C=O) groups excluding carboxylic acids is 1. The molecule has 5 nitrogen and oxygen atoms in total. The van der Waals surface area contributed by atoms with Gasteiger partial charge in [-0.2, -0.15) is 0 Å². The third-order valence-corrected chi connectivity index (χ3v) is 3.70. The number of hydrogen-bond acceptors (Lipinski definition) is 2. The van der Waals surface area contributed by atoms with Crippen molar-refractivity contribution in [3.63, 3.8) is 0 Å². The molecule has 1 aromatic rings. The third kappa shape index (κ3) is 3.54. The van der Waals surface area contributed by atoms with Gasteiger partial charge in [-0.05, 0) is 31.9 Å². The molecule has 0 aromatic heterocycles. The van der Waals surface area contributed by atoms with E-state index in [1.165, 1.54) is 0 Å². The summed E-state index contributed by atoms with van der Waals surface area (Å²) in [7, 11) is 0. The number of benzene rings is 1. The molecule has 2 amide bonds. The van der Waals surface area contributed by atoms with E-state index in [0.29, 0.717) is 13.1 Å². The molecule has 0 unspecified atom stereocenters. The van der Waals surface area contributed by atoms with Crippen LogP contribution in [0.1, 0.15) is 38.3 Å². The Balaban J connectivity index is 2.11. The maximum atomic E-state index is 12.7. The molecule has 1 heterocycles. The van der Waals surface area contributed by atoms with Crippen LogP contribution in [-0.4, -0.2) is 39.0 Å². The highest BCUT2D eigenvalue weighted by atomic mass is 16.4. The molecule has 0 fully saturated rings. The lowest BCUT2D eigenvalue weighted by molar-refractivity contribution is -0.137. The van der Waals surface area contributed by atoms with Gasteiger partial charge >= 0.3 is 12.0 Å². The van der Waals surface area contributed by atoms with Crippen LogP contribution in [0.5, 0.6) is 0 Å². The molecule has 21 heavy (non-hydrogen) atoms. The van der Waals surface area contributed by atoms with Crippen LogP contribution in [0, 0.1) is 0 Å². The molecule has 1 N–H and O–H groups in total. The number of fused-ring (bicyclic) bond motifs is 1. The van der Waals surface area contributed by atoms with Gasteiger partial charge in [0.2, 0.25) is 0 Å². The standard InChI is InChI=1S/C16H22N2O3/c1-16(2,3)18(9-8-14(19)20)15(21)17-10-12-6-4-5-7-13(12)11-17/h4-7H,8-11H2,1-3H3,(H,19,20). The van der Waals surface area contributed by atoms with E-state index in [1.807, 2.05) is 45.0 Å². The Morgan fingerprint density at radius 2 is 1.71 bits per heavy atom. The molecule has 1 aromatic carbocycles. The van der Waals surface area contributed by atoms with Gasteiger partial charge in [-0.3, -0.25) is 4.79 Å². The Kier molecular flexibility index (Phi) is 4.21. The first-order valence-corrected chi connectivity index (χ1v) is 7.14. The van der Waals surface area contributed by atoms with Crippen LogP contribution in [0.25, 0.3) is 0 Å². The molecule has 0 saturated heterocycles. The van der Waals surface area contributed by atoms with Gasteiger partial charge in [-0.25, -0.2) is 4.79 Å². The number of rotatable bonds is 3. The minimum atomic E-state index is -0.887. The average Bonchev–Trinajstić information content (AvgIpc) is 2.80. The van der Waals surface area contributed by atoms with Crippen LogP contribution >= 0.6 is 0 Å². The number of nitrogens with zero attached hydrogens (tertiary/aromatic N) is 2. The Hall–Kier alpha value is -2.04. The zero-order chi connectivity index (χ0) is 15.6. The highest BCUT2D eigenvalue weighted by molar-refractivity contribution is 5.77. The van der Waals surface area contributed by atoms with E-state index in [9.17, 15) is 9.59 Å². The quantitative estimate of drug-likeness (QED) is 0.931. The summed E-state index contributed by atoms with van der Waals surface area (Å²) in [4.78, 5) is 27.0. The van der Waals surface area contributed by atoms with Crippen molar-refractivity contribution in [3.8, 4) is 0 Å². The van der Waals surface area contributed by atoms with Crippen LogP contribution in [0.2, 0.25) is 0 Å². The van der Waals surface area contributed by atoms with Gasteiger partial charge in [-0.1, -0.05) is 24.3 Å². The second kappa shape index (κ2) is 5.76. The van der Waals surface area contributed by atoms with Crippen LogP contribution in [0.15, 0.2) is 24.3 Å².